The molecular formula is C14H13Cl2N5O4. The van der Waals surface area contributed by atoms with Crippen LogP contribution < -0.4 is 10.6 Å². The number of rotatable bonds is 7. The molecule has 2 rings (SSSR count). The van der Waals surface area contributed by atoms with Crippen LogP contribution in [0, 0.1) is 10.1 Å². The van der Waals surface area contributed by atoms with Gasteiger partial charge < -0.3 is 10.6 Å². The number of amides is 2. The molecule has 0 saturated heterocycles. The predicted molar refractivity (Wildman–Crippen MR) is 90.7 cm³/mol. The zero-order valence-corrected chi connectivity index (χ0v) is 14.3. The van der Waals surface area contributed by atoms with Crippen molar-refractivity contribution in [2.75, 3.05) is 13.1 Å². The van der Waals surface area contributed by atoms with Crippen molar-refractivity contribution in [2.45, 2.75) is 6.54 Å². The molecule has 0 fully saturated rings. The summed E-state index contributed by atoms with van der Waals surface area (Å²) in [5.74, 6) is -0.739. The number of nitrogens with one attached hydrogen (secondary N) is 2. The average molecular weight is 386 g/mol. The van der Waals surface area contributed by atoms with Crippen molar-refractivity contribution >= 4 is 40.7 Å². The van der Waals surface area contributed by atoms with E-state index in [2.05, 4.69) is 15.7 Å². The maximum atomic E-state index is 11.9. The first-order valence-corrected chi connectivity index (χ1v) is 7.79. The second-order valence-electron chi connectivity index (χ2n) is 4.89. The smallest absolute Gasteiger partial charge is 0.307 e. The Balaban J connectivity index is 1.72. The first-order valence-electron chi connectivity index (χ1n) is 7.03. The molecular weight excluding hydrogens is 373 g/mol. The quantitative estimate of drug-likeness (QED) is 0.426. The molecule has 0 saturated carbocycles. The Morgan fingerprint density at radius 3 is 2.56 bits per heavy atom. The Kier molecular flexibility index (Phi) is 6.31. The van der Waals surface area contributed by atoms with Crippen molar-refractivity contribution in [1.29, 1.82) is 0 Å². The van der Waals surface area contributed by atoms with Gasteiger partial charge in [-0.3, -0.25) is 24.4 Å². The molecule has 132 valence electrons. The molecule has 0 bridgehead atoms. The lowest BCUT2D eigenvalue weighted by Gasteiger charge is -2.08. The summed E-state index contributed by atoms with van der Waals surface area (Å²) in [6.45, 7) is 0.230. The van der Waals surface area contributed by atoms with Crippen molar-refractivity contribution in [3.05, 3.63) is 56.3 Å². The summed E-state index contributed by atoms with van der Waals surface area (Å²) in [6, 6.07) is 4.50. The predicted octanol–water partition coefficient (Wildman–Crippen LogP) is 1.64. The van der Waals surface area contributed by atoms with Gasteiger partial charge in [-0.25, -0.2) is 0 Å². The number of aromatic nitrogens is 2. The lowest BCUT2D eigenvalue weighted by atomic mass is 10.2. The third kappa shape index (κ3) is 5.44. The fourth-order valence-electron chi connectivity index (χ4n) is 1.85. The normalized spacial score (nSPS) is 10.3. The molecule has 0 unspecified atom stereocenters. The lowest BCUT2D eigenvalue weighted by molar-refractivity contribution is -0.385. The van der Waals surface area contributed by atoms with Gasteiger partial charge in [-0.2, -0.15) is 5.10 Å². The molecule has 0 aliphatic rings. The fraction of sp³-hybridized carbons (Fsp3) is 0.214. The molecule has 1 aromatic carbocycles. The monoisotopic (exact) mass is 385 g/mol. The van der Waals surface area contributed by atoms with Crippen LogP contribution in [-0.2, 0) is 11.3 Å². The summed E-state index contributed by atoms with van der Waals surface area (Å²) < 4.78 is 1.15. The summed E-state index contributed by atoms with van der Waals surface area (Å²) in [6.07, 6.45) is 2.22. The van der Waals surface area contributed by atoms with Gasteiger partial charge in [0, 0.05) is 18.7 Å². The van der Waals surface area contributed by atoms with E-state index in [0.717, 1.165) is 17.1 Å². The molecule has 0 spiro atoms. The Morgan fingerprint density at radius 2 is 1.92 bits per heavy atom. The van der Waals surface area contributed by atoms with Crippen LogP contribution in [0.1, 0.15) is 10.4 Å². The first kappa shape index (κ1) is 18.7. The first-order chi connectivity index (χ1) is 11.9. The molecule has 1 aromatic heterocycles. The minimum Gasteiger partial charge on any atom is -0.353 e. The SMILES string of the molecule is O=C(Cn1cc([N+](=O)[O-])cn1)NCCNC(=O)c1ccc(Cl)c(Cl)c1. The topological polar surface area (TPSA) is 119 Å². The second-order valence-corrected chi connectivity index (χ2v) is 5.70. The van der Waals surface area contributed by atoms with E-state index in [-0.39, 0.29) is 42.2 Å². The Morgan fingerprint density at radius 1 is 1.20 bits per heavy atom. The highest BCUT2D eigenvalue weighted by Gasteiger charge is 2.11. The number of carbonyl (C=O) groups is 2. The molecule has 0 atom stereocenters. The Hall–Kier alpha value is -2.65. The van der Waals surface area contributed by atoms with Crippen LogP contribution in [0.3, 0.4) is 0 Å². The van der Waals surface area contributed by atoms with Crippen molar-refractivity contribution in [2.24, 2.45) is 0 Å². The van der Waals surface area contributed by atoms with E-state index in [4.69, 9.17) is 23.2 Å². The number of carbonyl (C=O) groups excluding carboxylic acids is 2. The summed E-state index contributed by atoms with van der Waals surface area (Å²) >= 11 is 11.6. The maximum Gasteiger partial charge on any atom is 0.307 e. The molecule has 0 aliphatic carbocycles. The molecule has 9 nitrogen and oxygen atoms in total. The Labute approximate surface area is 152 Å². The zero-order valence-electron chi connectivity index (χ0n) is 12.7. The van der Waals surface area contributed by atoms with Crippen molar-refractivity contribution < 1.29 is 14.5 Å². The molecule has 1 heterocycles. The van der Waals surface area contributed by atoms with E-state index in [0.29, 0.717) is 10.6 Å². The number of hydrogen-bond donors (Lipinski definition) is 2. The number of hydrogen-bond acceptors (Lipinski definition) is 5. The number of halogens is 2. The van der Waals surface area contributed by atoms with Gasteiger partial charge in [-0.1, -0.05) is 23.2 Å². The van der Waals surface area contributed by atoms with Crippen LogP contribution in [0.25, 0.3) is 0 Å². The third-order valence-corrected chi connectivity index (χ3v) is 3.79. The minimum atomic E-state index is -0.597. The van der Waals surface area contributed by atoms with Gasteiger partial charge >= 0.3 is 5.69 Å². The van der Waals surface area contributed by atoms with Gasteiger partial charge in [0.2, 0.25) is 5.91 Å². The third-order valence-electron chi connectivity index (χ3n) is 3.05. The largest absolute Gasteiger partial charge is 0.353 e. The molecule has 2 amide bonds. The van der Waals surface area contributed by atoms with Crippen LogP contribution in [0.2, 0.25) is 10.0 Å². The highest BCUT2D eigenvalue weighted by Crippen LogP contribution is 2.22. The molecule has 2 aromatic rings. The van der Waals surface area contributed by atoms with E-state index < -0.39 is 4.92 Å². The van der Waals surface area contributed by atoms with Crippen molar-refractivity contribution in [3.8, 4) is 0 Å². The highest BCUT2D eigenvalue weighted by atomic mass is 35.5. The number of nitro groups is 1. The maximum absolute atomic E-state index is 11.9. The average Bonchev–Trinajstić information content (AvgIpc) is 3.02. The van der Waals surface area contributed by atoms with Crippen molar-refractivity contribution in [1.82, 2.24) is 20.4 Å². The van der Waals surface area contributed by atoms with Gasteiger partial charge in [0.1, 0.15) is 18.9 Å². The van der Waals surface area contributed by atoms with Gasteiger partial charge in [0.25, 0.3) is 5.91 Å². The molecule has 2 N–H and O–H groups in total. The van der Waals surface area contributed by atoms with Crippen LogP contribution in [0.4, 0.5) is 5.69 Å². The summed E-state index contributed by atoms with van der Waals surface area (Å²) in [5.41, 5.74) is 0.159. The van der Waals surface area contributed by atoms with Crippen LogP contribution in [0.5, 0.6) is 0 Å². The fourth-order valence-corrected chi connectivity index (χ4v) is 2.15. The molecule has 0 radical (unpaired) electrons. The summed E-state index contributed by atoms with van der Waals surface area (Å²) in [4.78, 5) is 33.5. The van der Waals surface area contributed by atoms with Gasteiger partial charge in [-0.05, 0) is 18.2 Å². The molecule has 11 heteroatoms. The van der Waals surface area contributed by atoms with Gasteiger partial charge in [-0.15, -0.1) is 0 Å². The van der Waals surface area contributed by atoms with Crippen LogP contribution in [-0.4, -0.2) is 39.6 Å². The van der Waals surface area contributed by atoms with Crippen LogP contribution in [0.15, 0.2) is 30.6 Å². The van der Waals surface area contributed by atoms with Crippen molar-refractivity contribution in [3.63, 3.8) is 0 Å². The van der Waals surface area contributed by atoms with Gasteiger partial charge in [0.05, 0.1) is 15.0 Å². The lowest BCUT2D eigenvalue weighted by Crippen LogP contribution is -2.36. The molecule has 25 heavy (non-hydrogen) atoms. The van der Waals surface area contributed by atoms with E-state index >= 15 is 0 Å². The van der Waals surface area contributed by atoms with Crippen LogP contribution >= 0.6 is 23.2 Å². The number of nitrogens with zero attached hydrogens (tertiary/aromatic N) is 3. The van der Waals surface area contributed by atoms with E-state index in [1.54, 1.807) is 0 Å². The van der Waals surface area contributed by atoms with E-state index in [1.807, 2.05) is 0 Å². The highest BCUT2D eigenvalue weighted by molar-refractivity contribution is 6.42. The standard InChI is InChI=1S/C14H13Cl2N5O4/c15-11-2-1-9(5-12(11)16)14(23)18-4-3-17-13(22)8-20-7-10(6-19-20)21(24)25/h1-2,5-7H,3-4,8H2,(H,17,22)(H,18,23). The summed E-state index contributed by atoms with van der Waals surface area (Å²) in [5, 5.41) is 20.0. The second kappa shape index (κ2) is 8.45. The minimum absolute atomic E-state index is 0.158. The summed E-state index contributed by atoms with van der Waals surface area (Å²) in [7, 11) is 0. The molecule has 0 aliphatic heterocycles. The van der Waals surface area contributed by atoms with E-state index in [1.165, 1.54) is 18.2 Å². The zero-order chi connectivity index (χ0) is 18.4. The Bertz CT molecular complexity index is 808. The van der Waals surface area contributed by atoms with Gasteiger partial charge in [0.15, 0.2) is 0 Å². The van der Waals surface area contributed by atoms with E-state index in [9.17, 15) is 19.7 Å². The number of benzene rings is 1.